The Balaban J connectivity index is 4.12. The monoisotopic (exact) mass is 305 g/mol. The van der Waals surface area contributed by atoms with Gasteiger partial charge in [-0.25, -0.2) is 13.1 Å². The van der Waals surface area contributed by atoms with E-state index >= 15 is 0 Å². The summed E-state index contributed by atoms with van der Waals surface area (Å²) in [5.41, 5.74) is 0. The van der Waals surface area contributed by atoms with Gasteiger partial charge >= 0.3 is 12.1 Å². The van der Waals surface area contributed by atoms with E-state index in [1.54, 1.807) is 6.92 Å². The van der Waals surface area contributed by atoms with Crippen LogP contribution in [0, 0.1) is 5.92 Å². The highest BCUT2D eigenvalue weighted by molar-refractivity contribution is 7.89. The van der Waals surface area contributed by atoms with Crippen LogP contribution in [0.4, 0.5) is 13.2 Å². The van der Waals surface area contributed by atoms with Gasteiger partial charge in [0.05, 0.1) is 5.75 Å². The van der Waals surface area contributed by atoms with Gasteiger partial charge < -0.3 is 5.11 Å². The van der Waals surface area contributed by atoms with E-state index in [4.69, 9.17) is 5.11 Å². The van der Waals surface area contributed by atoms with Crippen LogP contribution in [-0.4, -0.2) is 38.0 Å². The summed E-state index contributed by atoms with van der Waals surface area (Å²) in [6.07, 6.45) is -5.74. The van der Waals surface area contributed by atoms with Gasteiger partial charge in [-0.1, -0.05) is 13.3 Å². The topological polar surface area (TPSA) is 83.5 Å². The van der Waals surface area contributed by atoms with Crippen LogP contribution < -0.4 is 4.72 Å². The second-order valence-electron chi connectivity index (χ2n) is 4.26. The van der Waals surface area contributed by atoms with Crippen molar-refractivity contribution in [2.45, 2.75) is 38.8 Å². The minimum atomic E-state index is -4.37. The van der Waals surface area contributed by atoms with E-state index in [2.05, 4.69) is 4.72 Å². The molecule has 0 rings (SSSR count). The maximum Gasteiger partial charge on any atom is 0.389 e. The van der Waals surface area contributed by atoms with E-state index in [0.29, 0.717) is 6.42 Å². The smallest absolute Gasteiger partial charge is 0.389 e. The van der Waals surface area contributed by atoms with Crippen molar-refractivity contribution in [3.8, 4) is 0 Å². The van der Waals surface area contributed by atoms with E-state index in [-0.39, 0.29) is 18.9 Å². The summed E-state index contributed by atoms with van der Waals surface area (Å²) >= 11 is 0. The lowest BCUT2D eigenvalue weighted by atomic mass is 10.0. The molecule has 0 fully saturated rings. The number of alkyl halides is 3. The van der Waals surface area contributed by atoms with E-state index in [1.807, 2.05) is 0 Å². The van der Waals surface area contributed by atoms with Crippen molar-refractivity contribution < 1.29 is 31.5 Å². The van der Waals surface area contributed by atoms with Crippen molar-refractivity contribution in [2.75, 3.05) is 12.3 Å². The molecule has 0 radical (unpaired) electrons. The van der Waals surface area contributed by atoms with Gasteiger partial charge in [-0.15, -0.1) is 0 Å². The first-order valence-corrected chi connectivity index (χ1v) is 7.47. The summed E-state index contributed by atoms with van der Waals surface area (Å²) < 4.78 is 60.5. The van der Waals surface area contributed by atoms with Crippen molar-refractivity contribution in [1.29, 1.82) is 0 Å². The van der Waals surface area contributed by atoms with Crippen LogP contribution in [0.15, 0.2) is 0 Å². The molecule has 0 aliphatic carbocycles. The molecular weight excluding hydrogens is 287 g/mol. The van der Waals surface area contributed by atoms with Crippen LogP contribution in [0.5, 0.6) is 0 Å². The number of carbonyl (C=O) groups is 1. The highest BCUT2D eigenvalue weighted by atomic mass is 32.2. The third kappa shape index (κ3) is 10.8. The zero-order chi connectivity index (χ0) is 15.1. The third-order valence-corrected chi connectivity index (χ3v) is 3.94. The molecule has 0 aliphatic rings. The summed E-state index contributed by atoms with van der Waals surface area (Å²) in [7, 11) is -3.79. The Hall–Kier alpha value is -0.830. The summed E-state index contributed by atoms with van der Waals surface area (Å²) in [6.45, 7) is 1.64. The Morgan fingerprint density at radius 1 is 1.37 bits per heavy atom. The molecule has 0 aromatic heterocycles. The second-order valence-corrected chi connectivity index (χ2v) is 6.18. The van der Waals surface area contributed by atoms with E-state index in [1.165, 1.54) is 0 Å². The van der Waals surface area contributed by atoms with Crippen LogP contribution >= 0.6 is 0 Å². The summed E-state index contributed by atoms with van der Waals surface area (Å²) in [4.78, 5) is 10.5. The Morgan fingerprint density at radius 3 is 2.37 bits per heavy atom. The van der Waals surface area contributed by atoms with Gasteiger partial charge in [0.1, 0.15) is 0 Å². The molecule has 9 heteroatoms. The maximum absolute atomic E-state index is 11.9. The molecule has 19 heavy (non-hydrogen) atoms. The average molecular weight is 305 g/mol. The fourth-order valence-corrected chi connectivity index (χ4v) is 2.55. The number of rotatable bonds is 9. The SMILES string of the molecule is CCC(CNS(=O)(=O)CCCC(F)(F)F)CC(=O)O. The molecule has 0 amide bonds. The van der Waals surface area contributed by atoms with Crippen LogP contribution in [0.1, 0.15) is 32.6 Å². The number of sulfonamides is 1. The second kappa shape index (κ2) is 7.68. The number of halogens is 3. The Labute approximate surface area is 110 Å². The molecule has 114 valence electrons. The predicted octanol–water partition coefficient (Wildman–Crippen LogP) is 1.75. The van der Waals surface area contributed by atoms with Gasteiger partial charge in [0.25, 0.3) is 0 Å². The minimum absolute atomic E-state index is 0.0723. The lowest BCUT2D eigenvalue weighted by Crippen LogP contribution is -2.32. The van der Waals surface area contributed by atoms with Gasteiger partial charge in [0, 0.05) is 19.4 Å². The van der Waals surface area contributed by atoms with Crippen molar-refractivity contribution in [3.05, 3.63) is 0 Å². The van der Waals surface area contributed by atoms with Crippen molar-refractivity contribution in [1.82, 2.24) is 4.72 Å². The predicted molar refractivity (Wildman–Crippen MR) is 63.1 cm³/mol. The molecule has 0 aliphatic heterocycles. The van der Waals surface area contributed by atoms with Gasteiger partial charge in [-0.3, -0.25) is 4.79 Å². The zero-order valence-corrected chi connectivity index (χ0v) is 11.4. The van der Waals surface area contributed by atoms with Gasteiger partial charge in [0.2, 0.25) is 10.0 Å². The van der Waals surface area contributed by atoms with Crippen LogP contribution in [0.2, 0.25) is 0 Å². The highest BCUT2D eigenvalue weighted by Crippen LogP contribution is 2.21. The molecule has 0 spiro atoms. The number of carboxylic acids is 1. The molecule has 2 N–H and O–H groups in total. The van der Waals surface area contributed by atoms with Gasteiger partial charge in [0.15, 0.2) is 0 Å². The number of nitrogens with one attached hydrogen (secondary N) is 1. The highest BCUT2D eigenvalue weighted by Gasteiger charge is 2.27. The van der Waals surface area contributed by atoms with E-state index in [0.717, 1.165) is 0 Å². The summed E-state index contributed by atoms with van der Waals surface area (Å²) in [6, 6.07) is 0. The lowest BCUT2D eigenvalue weighted by molar-refractivity contribution is -0.138. The Morgan fingerprint density at radius 2 is 1.95 bits per heavy atom. The number of hydrogen-bond acceptors (Lipinski definition) is 3. The maximum atomic E-state index is 11.9. The third-order valence-electron chi connectivity index (χ3n) is 2.51. The molecule has 0 bridgehead atoms. The largest absolute Gasteiger partial charge is 0.481 e. The molecule has 0 saturated carbocycles. The standard InChI is InChI=1S/C10H18F3NO4S/c1-2-8(6-9(15)16)7-14-19(17,18)5-3-4-10(11,12)13/h8,14H,2-7H2,1H3,(H,15,16). The average Bonchev–Trinajstić information content (AvgIpc) is 2.21. The first-order chi connectivity index (χ1) is 8.56. The van der Waals surface area contributed by atoms with Crippen LogP contribution in [0.25, 0.3) is 0 Å². The first kappa shape index (κ1) is 18.2. The normalized spacial score (nSPS) is 14.3. The number of aliphatic carboxylic acids is 1. The van der Waals surface area contributed by atoms with Crippen molar-refractivity contribution >= 4 is 16.0 Å². The fourth-order valence-electron chi connectivity index (χ4n) is 1.39. The van der Waals surface area contributed by atoms with Crippen molar-refractivity contribution in [2.24, 2.45) is 5.92 Å². The quantitative estimate of drug-likeness (QED) is 0.680. The van der Waals surface area contributed by atoms with E-state index in [9.17, 15) is 26.4 Å². The fraction of sp³-hybridized carbons (Fsp3) is 0.900. The van der Waals surface area contributed by atoms with Gasteiger partial charge in [-0.05, 0) is 12.3 Å². The molecule has 0 saturated heterocycles. The lowest BCUT2D eigenvalue weighted by Gasteiger charge is -2.14. The van der Waals surface area contributed by atoms with Gasteiger partial charge in [-0.2, -0.15) is 13.2 Å². The van der Waals surface area contributed by atoms with Crippen LogP contribution in [0.3, 0.4) is 0 Å². The molecule has 0 heterocycles. The summed E-state index contributed by atoms with van der Waals surface area (Å²) in [5.74, 6) is -2.02. The first-order valence-electron chi connectivity index (χ1n) is 5.81. The van der Waals surface area contributed by atoms with E-state index < -0.39 is 40.8 Å². The number of carboxylic acid groups (broad SMARTS) is 1. The minimum Gasteiger partial charge on any atom is -0.481 e. The zero-order valence-electron chi connectivity index (χ0n) is 10.5. The number of hydrogen-bond donors (Lipinski definition) is 2. The molecule has 0 aromatic rings. The Bertz CT molecular complexity index is 381. The molecular formula is C10H18F3NO4S. The summed E-state index contributed by atoms with van der Waals surface area (Å²) in [5, 5.41) is 8.57. The molecule has 1 atom stereocenters. The molecule has 5 nitrogen and oxygen atoms in total. The molecule has 0 aromatic carbocycles. The van der Waals surface area contributed by atoms with Crippen molar-refractivity contribution in [3.63, 3.8) is 0 Å². The Kier molecular flexibility index (Phi) is 7.35. The van der Waals surface area contributed by atoms with Crippen LogP contribution in [-0.2, 0) is 14.8 Å². The molecule has 1 unspecified atom stereocenters.